The molecule has 0 bridgehead atoms. The van der Waals surface area contributed by atoms with E-state index in [-0.39, 0.29) is 11.9 Å². The summed E-state index contributed by atoms with van der Waals surface area (Å²) < 4.78 is 26.2. The molecule has 0 aromatic carbocycles. The number of nitrogens with zero attached hydrogens (tertiary/aromatic N) is 2. The summed E-state index contributed by atoms with van der Waals surface area (Å²) in [7, 11) is 0. The molecular formula is C11H15F2N3. The zero-order valence-corrected chi connectivity index (χ0v) is 9.16. The van der Waals surface area contributed by atoms with Crippen molar-refractivity contribution < 1.29 is 8.78 Å². The van der Waals surface area contributed by atoms with E-state index >= 15 is 0 Å². The van der Waals surface area contributed by atoms with Crippen molar-refractivity contribution in [3.63, 3.8) is 0 Å². The van der Waals surface area contributed by atoms with Crippen LogP contribution in [0.15, 0.2) is 12.3 Å². The summed E-state index contributed by atoms with van der Waals surface area (Å²) in [6, 6.07) is 0.954. The standard InChI is InChI=1S/C11H15F2N3/c1-7(14)8-2-3-16(6-8)11-10(13)4-9(12)5-15-11/h4-5,7-8H,2-3,6,14H2,1H3. The maximum atomic E-state index is 13.5. The monoisotopic (exact) mass is 227 g/mol. The van der Waals surface area contributed by atoms with E-state index in [1.165, 1.54) is 0 Å². The van der Waals surface area contributed by atoms with Crippen molar-refractivity contribution in [2.75, 3.05) is 18.0 Å². The lowest BCUT2D eigenvalue weighted by Gasteiger charge is -2.19. The number of hydrogen-bond acceptors (Lipinski definition) is 3. The van der Waals surface area contributed by atoms with Crippen LogP contribution in [0.25, 0.3) is 0 Å². The Morgan fingerprint density at radius 1 is 1.56 bits per heavy atom. The number of aromatic nitrogens is 1. The minimum atomic E-state index is -0.649. The van der Waals surface area contributed by atoms with Crippen LogP contribution in [0.3, 0.4) is 0 Å². The lowest BCUT2D eigenvalue weighted by atomic mass is 10.0. The summed E-state index contributed by atoms with van der Waals surface area (Å²) in [5.74, 6) is -0.676. The highest BCUT2D eigenvalue weighted by Gasteiger charge is 2.27. The Bertz CT molecular complexity index is 381. The van der Waals surface area contributed by atoms with Crippen molar-refractivity contribution >= 4 is 5.82 Å². The molecule has 2 rings (SSSR count). The Hall–Kier alpha value is -1.23. The normalized spacial score (nSPS) is 22.5. The van der Waals surface area contributed by atoms with Gasteiger partial charge in [-0.1, -0.05) is 0 Å². The number of rotatable bonds is 2. The van der Waals surface area contributed by atoms with Crippen LogP contribution in [0.1, 0.15) is 13.3 Å². The molecule has 16 heavy (non-hydrogen) atoms. The van der Waals surface area contributed by atoms with E-state index in [4.69, 9.17) is 5.73 Å². The lowest BCUT2D eigenvalue weighted by Crippen LogP contribution is -2.30. The van der Waals surface area contributed by atoms with Gasteiger partial charge in [-0.2, -0.15) is 0 Å². The molecule has 1 aliphatic rings. The van der Waals surface area contributed by atoms with Gasteiger partial charge in [-0.05, 0) is 19.3 Å². The first kappa shape index (κ1) is 11.3. The van der Waals surface area contributed by atoms with Gasteiger partial charge >= 0.3 is 0 Å². The van der Waals surface area contributed by atoms with Gasteiger partial charge in [0.15, 0.2) is 11.6 Å². The first-order chi connectivity index (χ1) is 7.58. The molecule has 1 aromatic rings. The van der Waals surface area contributed by atoms with Crippen LogP contribution in [0.5, 0.6) is 0 Å². The third-order valence-electron chi connectivity index (χ3n) is 3.06. The molecule has 1 fully saturated rings. The van der Waals surface area contributed by atoms with Crippen LogP contribution < -0.4 is 10.6 Å². The zero-order valence-electron chi connectivity index (χ0n) is 9.16. The second-order valence-electron chi connectivity index (χ2n) is 4.31. The third kappa shape index (κ3) is 2.14. The summed E-state index contributed by atoms with van der Waals surface area (Å²) in [6.45, 7) is 3.36. The molecule has 0 spiro atoms. The van der Waals surface area contributed by atoms with E-state index in [1.54, 1.807) is 0 Å². The highest BCUT2D eigenvalue weighted by atomic mass is 19.1. The summed E-state index contributed by atoms with van der Waals surface area (Å²) in [5, 5.41) is 0. The average Bonchev–Trinajstić information content (AvgIpc) is 2.66. The average molecular weight is 227 g/mol. The molecule has 88 valence electrons. The van der Waals surface area contributed by atoms with Crippen molar-refractivity contribution in [2.45, 2.75) is 19.4 Å². The third-order valence-corrected chi connectivity index (χ3v) is 3.06. The van der Waals surface area contributed by atoms with E-state index in [1.807, 2.05) is 11.8 Å². The lowest BCUT2D eigenvalue weighted by molar-refractivity contribution is 0.487. The van der Waals surface area contributed by atoms with E-state index in [0.29, 0.717) is 12.5 Å². The number of nitrogens with two attached hydrogens (primary N) is 1. The fourth-order valence-electron chi connectivity index (χ4n) is 2.05. The molecule has 1 aromatic heterocycles. The molecule has 2 unspecified atom stereocenters. The van der Waals surface area contributed by atoms with Crippen LogP contribution in [0.2, 0.25) is 0 Å². The molecule has 5 heteroatoms. The summed E-state index contributed by atoms with van der Waals surface area (Å²) in [4.78, 5) is 5.61. The van der Waals surface area contributed by atoms with Crippen molar-refractivity contribution in [2.24, 2.45) is 11.7 Å². The Labute approximate surface area is 93.3 Å². The van der Waals surface area contributed by atoms with E-state index < -0.39 is 11.6 Å². The smallest absolute Gasteiger partial charge is 0.168 e. The summed E-state index contributed by atoms with van der Waals surface area (Å²) >= 11 is 0. The zero-order chi connectivity index (χ0) is 11.7. The van der Waals surface area contributed by atoms with Crippen LogP contribution in [0.4, 0.5) is 14.6 Å². The van der Waals surface area contributed by atoms with Crippen LogP contribution in [-0.2, 0) is 0 Å². The van der Waals surface area contributed by atoms with Gasteiger partial charge in [-0.25, -0.2) is 13.8 Å². The highest BCUT2D eigenvalue weighted by molar-refractivity contribution is 5.41. The minimum Gasteiger partial charge on any atom is -0.354 e. The second-order valence-corrected chi connectivity index (χ2v) is 4.31. The van der Waals surface area contributed by atoms with Crippen molar-refractivity contribution in [3.05, 3.63) is 23.9 Å². The second kappa shape index (κ2) is 4.33. The maximum Gasteiger partial charge on any atom is 0.168 e. The minimum absolute atomic E-state index is 0.0912. The molecule has 0 amide bonds. The Morgan fingerprint density at radius 2 is 2.31 bits per heavy atom. The van der Waals surface area contributed by atoms with Gasteiger partial charge < -0.3 is 10.6 Å². The van der Waals surface area contributed by atoms with Gasteiger partial charge in [0, 0.05) is 25.2 Å². The first-order valence-electron chi connectivity index (χ1n) is 5.39. The first-order valence-corrected chi connectivity index (χ1v) is 5.39. The molecule has 0 saturated carbocycles. The maximum absolute atomic E-state index is 13.5. The van der Waals surface area contributed by atoms with Crippen molar-refractivity contribution in [1.82, 2.24) is 4.98 Å². The Morgan fingerprint density at radius 3 is 2.88 bits per heavy atom. The fraction of sp³-hybridized carbons (Fsp3) is 0.545. The van der Waals surface area contributed by atoms with Crippen molar-refractivity contribution in [1.29, 1.82) is 0 Å². The van der Waals surface area contributed by atoms with Crippen LogP contribution >= 0.6 is 0 Å². The summed E-state index contributed by atoms with van der Waals surface area (Å²) in [5.41, 5.74) is 5.80. The quantitative estimate of drug-likeness (QED) is 0.833. The molecule has 3 nitrogen and oxygen atoms in total. The fourth-order valence-corrected chi connectivity index (χ4v) is 2.05. The van der Waals surface area contributed by atoms with E-state index in [0.717, 1.165) is 25.2 Å². The molecule has 0 radical (unpaired) electrons. The molecule has 2 atom stereocenters. The predicted molar refractivity (Wildman–Crippen MR) is 58.1 cm³/mol. The topological polar surface area (TPSA) is 42.1 Å². The number of pyridine rings is 1. The van der Waals surface area contributed by atoms with E-state index in [2.05, 4.69) is 4.98 Å². The van der Waals surface area contributed by atoms with Gasteiger partial charge in [-0.3, -0.25) is 0 Å². The number of hydrogen-bond donors (Lipinski definition) is 1. The molecular weight excluding hydrogens is 212 g/mol. The molecule has 1 saturated heterocycles. The number of halogens is 2. The SMILES string of the molecule is CC(N)C1CCN(c2ncc(F)cc2F)C1. The van der Waals surface area contributed by atoms with Crippen LogP contribution in [-0.4, -0.2) is 24.1 Å². The van der Waals surface area contributed by atoms with Gasteiger partial charge in [0.05, 0.1) is 6.20 Å². The number of anilines is 1. The van der Waals surface area contributed by atoms with Gasteiger partial charge in [0.25, 0.3) is 0 Å². The Kier molecular flexibility index (Phi) is 3.05. The van der Waals surface area contributed by atoms with Gasteiger partial charge in [0.2, 0.25) is 0 Å². The van der Waals surface area contributed by atoms with E-state index in [9.17, 15) is 8.78 Å². The van der Waals surface area contributed by atoms with Crippen LogP contribution in [0, 0.1) is 17.6 Å². The highest BCUT2D eigenvalue weighted by Crippen LogP contribution is 2.25. The molecule has 0 aliphatic carbocycles. The molecule has 2 heterocycles. The van der Waals surface area contributed by atoms with Gasteiger partial charge in [-0.15, -0.1) is 0 Å². The van der Waals surface area contributed by atoms with Crippen molar-refractivity contribution in [3.8, 4) is 0 Å². The summed E-state index contributed by atoms with van der Waals surface area (Å²) in [6.07, 6.45) is 1.97. The Balaban J connectivity index is 2.14. The largest absolute Gasteiger partial charge is 0.354 e. The molecule has 1 aliphatic heterocycles. The van der Waals surface area contributed by atoms with Gasteiger partial charge in [0.1, 0.15) is 5.82 Å². The predicted octanol–water partition coefficient (Wildman–Crippen LogP) is 1.53. The molecule has 2 N–H and O–H groups in total.